The molecule has 3 rings (SSSR count). The Morgan fingerprint density at radius 3 is 2.46 bits per heavy atom. The molecule has 4 nitrogen and oxygen atoms in total. The number of aliphatic hydroxyl groups excluding tert-OH is 1. The minimum absolute atomic E-state index is 0.146. The number of aliphatic hydroxyl groups is 2. The van der Waals surface area contributed by atoms with Gasteiger partial charge in [-0.05, 0) is 67.9 Å². The van der Waals surface area contributed by atoms with Gasteiger partial charge in [0.05, 0.1) is 6.61 Å². The maximum absolute atomic E-state index is 13.4. The molecule has 3 N–H and O–H groups in total. The molecular formula is C21H27FN2O2. The van der Waals surface area contributed by atoms with Gasteiger partial charge < -0.3 is 20.4 Å². The predicted molar refractivity (Wildman–Crippen MR) is 100 cm³/mol. The van der Waals surface area contributed by atoms with Crippen molar-refractivity contribution in [2.24, 2.45) is 0 Å². The van der Waals surface area contributed by atoms with Crippen molar-refractivity contribution in [3.05, 3.63) is 70.5 Å². The minimum atomic E-state index is -1.27. The van der Waals surface area contributed by atoms with Gasteiger partial charge >= 0.3 is 0 Å². The van der Waals surface area contributed by atoms with Crippen molar-refractivity contribution in [2.75, 3.05) is 27.2 Å². The molecule has 1 aliphatic heterocycles. The maximum atomic E-state index is 13.4. The molecule has 1 heterocycles. The van der Waals surface area contributed by atoms with Crippen LogP contribution in [0.2, 0.25) is 0 Å². The second-order valence-corrected chi connectivity index (χ2v) is 7.31. The smallest absolute Gasteiger partial charge is 0.123 e. The summed E-state index contributed by atoms with van der Waals surface area (Å²) in [5.74, 6) is -0.332. The van der Waals surface area contributed by atoms with Gasteiger partial charge in [-0.15, -0.1) is 0 Å². The van der Waals surface area contributed by atoms with Gasteiger partial charge in [-0.1, -0.05) is 30.3 Å². The van der Waals surface area contributed by atoms with E-state index >= 15 is 0 Å². The Bertz CT molecular complexity index is 744. The standard InChI is InChI=1S/C21H27FN2O2/c1-24(2)11-3-10-21(26,17-5-7-18(22)8-6-17)19-9-4-15(20-13-23-20)12-16(19)14-25/h4-9,12,20,23,25-26H,3,10-11,13-14H2,1-2H3. The molecule has 0 saturated carbocycles. The topological polar surface area (TPSA) is 65.6 Å². The Hall–Kier alpha value is -1.79. The quantitative estimate of drug-likeness (QED) is 0.635. The normalized spacial score (nSPS) is 18.8. The van der Waals surface area contributed by atoms with Crippen molar-refractivity contribution in [1.29, 1.82) is 0 Å². The second kappa shape index (κ2) is 7.84. The molecule has 0 amide bonds. The first-order chi connectivity index (χ1) is 12.4. The van der Waals surface area contributed by atoms with Crippen LogP contribution in [0.15, 0.2) is 42.5 Å². The van der Waals surface area contributed by atoms with Crippen LogP contribution < -0.4 is 5.32 Å². The average molecular weight is 358 g/mol. The molecule has 1 aliphatic rings. The van der Waals surface area contributed by atoms with E-state index in [-0.39, 0.29) is 12.4 Å². The largest absolute Gasteiger partial charge is 0.392 e. The van der Waals surface area contributed by atoms with Gasteiger partial charge in [-0.3, -0.25) is 0 Å². The Labute approximate surface area is 154 Å². The fourth-order valence-corrected chi connectivity index (χ4v) is 3.47. The van der Waals surface area contributed by atoms with Gasteiger partial charge in [-0.25, -0.2) is 4.39 Å². The monoisotopic (exact) mass is 358 g/mol. The fourth-order valence-electron chi connectivity index (χ4n) is 3.47. The third-order valence-corrected chi connectivity index (χ3v) is 5.02. The van der Waals surface area contributed by atoms with Crippen molar-refractivity contribution in [3.63, 3.8) is 0 Å². The van der Waals surface area contributed by atoms with Gasteiger partial charge in [0.25, 0.3) is 0 Å². The summed E-state index contributed by atoms with van der Waals surface area (Å²) in [4.78, 5) is 2.07. The molecule has 1 saturated heterocycles. The summed E-state index contributed by atoms with van der Waals surface area (Å²) < 4.78 is 13.4. The van der Waals surface area contributed by atoms with Gasteiger partial charge in [0.15, 0.2) is 0 Å². The summed E-state index contributed by atoms with van der Waals surface area (Å²) in [5.41, 5.74) is 1.90. The molecule has 0 aromatic heterocycles. The van der Waals surface area contributed by atoms with Crippen LogP contribution >= 0.6 is 0 Å². The Kier molecular flexibility index (Phi) is 5.73. The van der Waals surface area contributed by atoms with Crippen LogP contribution in [0, 0.1) is 5.82 Å². The van der Waals surface area contributed by atoms with Crippen molar-refractivity contribution >= 4 is 0 Å². The molecule has 0 bridgehead atoms. The van der Waals surface area contributed by atoms with Gasteiger partial charge in [0.1, 0.15) is 11.4 Å². The van der Waals surface area contributed by atoms with E-state index in [4.69, 9.17) is 0 Å². The third kappa shape index (κ3) is 4.13. The lowest BCUT2D eigenvalue weighted by molar-refractivity contribution is 0.0640. The number of benzene rings is 2. The SMILES string of the molecule is CN(C)CCCC(O)(c1ccc(F)cc1)c1ccc(C2CN2)cc1CO. The lowest BCUT2D eigenvalue weighted by atomic mass is 9.79. The number of halogens is 1. The Morgan fingerprint density at radius 1 is 1.19 bits per heavy atom. The summed E-state index contributed by atoms with van der Waals surface area (Å²) in [5, 5.41) is 24.8. The van der Waals surface area contributed by atoms with E-state index in [1.807, 2.05) is 32.3 Å². The molecule has 2 aromatic carbocycles. The summed E-state index contributed by atoms with van der Waals surface area (Å²) in [7, 11) is 3.99. The van der Waals surface area contributed by atoms with Crippen LogP contribution in [0.5, 0.6) is 0 Å². The number of nitrogens with zero attached hydrogens (tertiary/aromatic N) is 1. The highest BCUT2D eigenvalue weighted by Crippen LogP contribution is 2.38. The molecule has 2 aromatic rings. The fraction of sp³-hybridized carbons (Fsp3) is 0.429. The zero-order valence-electron chi connectivity index (χ0n) is 15.4. The highest BCUT2D eigenvalue weighted by atomic mass is 19.1. The van der Waals surface area contributed by atoms with Crippen LogP contribution in [0.3, 0.4) is 0 Å². The van der Waals surface area contributed by atoms with Crippen molar-refractivity contribution in [1.82, 2.24) is 10.2 Å². The number of rotatable bonds is 8. The average Bonchev–Trinajstić information content (AvgIpc) is 3.46. The zero-order chi connectivity index (χ0) is 18.7. The van der Waals surface area contributed by atoms with Crippen LogP contribution in [-0.4, -0.2) is 42.3 Å². The number of hydrogen-bond donors (Lipinski definition) is 3. The van der Waals surface area contributed by atoms with E-state index in [9.17, 15) is 14.6 Å². The number of nitrogens with one attached hydrogen (secondary N) is 1. The van der Waals surface area contributed by atoms with Crippen LogP contribution in [0.1, 0.15) is 41.1 Å². The van der Waals surface area contributed by atoms with E-state index in [0.29, 0.717) is 29.2 Å². The molecule has 5 heteroatoms. The van der Waals surface area contributed by atoms with Gasteiger partial charge in [0.2, 0.25) is 0 Å². The molecule has 1 fully saturated rings. The van der Waals surface area contributed by atoms with Crippen molar-refractivity contribution in [3.8, 4) is 0 Å². The first-order valence-electron chi connectivity index (χ1n) is 9.05. The molecular weight excluding hydrogens is 331 g/mol. The molecule has 0 aliphatic carbocycles. The highest BCUT2D eigenvalue weighted by Gasteiger charge is 2.34. The summed E-state index contributed by atoms with van der Waals surface area (Å²) in [6.07, 6.45) is 1.27. The zero-order valence-corrected chi connectivity index (χ0v) is 15.4. The Morgan fingerprint density at radius 2 is 1.88 bits per heavy atom. The van der Waals surface area contributed by atoms with Gasteiger partial charge in [-0.2, -0.15) is 0 Å². The van der Waals surface area contributed by atoms with Crippen LogP contribution in [-0.2, 0) is 12.2 Å². The van der Waals surface area contributed by atoms with E-state index in [1.54, 1.807) is 12.1 Å². The minimum Gasteiger partial charge on any atom is -0.392 e. The molecule has 0 spiro atoms. The Balaban J connectivity index is 2.00. The number of hydrogen-bond acceptors (Lipinski definition) is 4. The van der Waals surface area contributed by atoms with Crippen LogP contribution in [0.4, 0.5) is 4.39 Å². The van der Waals surface area contributed by atoms with Gasteiger partial charge in [0, 0.05) is 12.6 Å². The third-order valence-electron chi connectivity index (χ3n) is 5.02. The molecule has 2 unspecified atom stereocenters. The first-order valence-corrected chi connectivity index (χ1v) is 9.05. The lowest BCUT2D eigenvalue weighted by Gasteiger charge is -2.32. The summed E-state index contributed by atoms with van der Waals surface area (Å²) in [6, 6.07) is 12.2. The summed E-state index contributed by atoms with van der Waals surface area (Å²) in [6.45, 7) is 1.63. The lowest BCUT2D eigenvalue weighted by Crippen LogP contribution is -2.30. The first kappa shape index (κ1) is 19.0. The molecule has 0 radical (unpaired) electrons. The van der Waals surface area contributed by atoms with E-state index in [1.165, 1.54) is 12.1 Å². The van der Waals surface area contributed by atoms with E-state index in [0.717, 1.165) is 25.1 Å². The highest BCUT2D eigenvalue weighted by molar-refractivity contribution is 5.44. The van der Waals surface area contributed by atoms with Crippen molar-refractivity contribution in [2.45, 2.75) is 31.1 Å². The summed E-state index contributed by atoms with van der Waals surface area (Å²) >= 11 is 0. The van der Waals surface area contributed by atoms with E-state index < -0.39 is 5.60 Å². The predicted octanol–water partition coefficient (Wildman–Crippen LogP) is 2.54. The molecule has 26 heavy (non-hydrogen) atoms. The molecule has 140 valence electrons. The van der Waals surface area contributed by atoms with E-state index in [2.05, 4.69) is 10.2 Å². The maximum Gasteiger partial charge on any atom is 0.123 e. The van der Waals surface area contributed by atoms with Crippen LogP contribution in [0.25, 0.3) is 0 Å². The van der Waals surface area contributed by atoms with Crippen molar-refractivity contribution < 1.29 is 14.6 Å². The molecule has 2 atom stereocenters. The second-order valence-electron chi connectivity index (χ2n) is 7.31.